The number of benzene rings is 1. The molecule has 0 aliphatic heterocycles. The topological polar surface area (TPSA) is 111 Å². The van der Waals surface area contributed by atoms with Gasteiger partial charge in [0.2, 0.25) is 5.78 Å². The van der Waals surface area contributed by atoms with E-state index in [4.69, 9.17) is 11.6 Å². The number of sulfone groups is 1. The van der Waals surface area contributed by atoms with Gasteiger partial charge >= 0.3 is 0 Å². The highest BCUT2D eigenvalue weighted by Gasteiger charge is 2.31. The van der Waals surface area contributed by atoms with Gasteiger partial charge in [0.15, 0.2) is 15.6 Å². The zero-order valence-corrected chi connectivity index (χ0v) is 13.6. The van der Waals surface area contributed by atoms with Crippen molar-refractivity contribution in [1.82, 2.24) is 0 Å². The van der Waals surface area contributed by atoms with Crippen LogP contribution in [0.2, 0.25) is 0 Å². The third-order valence-electron chi connectivity index (χ3n) is 3.42. The Morgan fingerprint density at radius 3 is 2.48 bits per heavy atom. The number of rotatable bonds is 4. The van der Waals surface area contributed by atoms with E-state index < -0.39 is 32.0 Å². The molecule has 0 saturated carbocycles. The minimum Gasteiger partial charge on any atom is -0.294 e. The molecule has 0 amide bonds. The van der Waals surface area contributed by atoms with Gasteiger partial charge in [0, 0.05) is 23.8 Å². The molecule has 23 heavy (non-hydrogen) atoms. The molecule has 1 aliphatic rings. The van der Waals surface area contributed by atoms with E-state index in [9.17, 15) is 28.1 Å². The van der Waals surface area contributed by atoms with Gasteiger partial charge in [0.25, 0.3) is 5.69 Å². The summed E-state index contributed by atoms with van der Waals surface area (Å²) in [5.74, 6) is -1.32. The first-order chi connectivity index (χ1) is 10.6. The highest BCUT2D eigenvalue weighted by atomic mass is 35.5. The average Bonchev–Trinajstić information content (AvgIpc) is 2.45. The molecule has 0 aromatic heterocycles. The van der Waals surface area contributed by atoms with E-state index in [0.29, 0.717) is 12.8 Å². The normalized spacial score (nSPS) is 15.7. The molecule has 0 N–H and O–H groups in total. The largest absolute Gasteiger partial charge is 0.294 e. The fraction of sp³-hybridized carbons (Fsp3) is 0.286. The minimum atomic E-state index is -3.67. The predicted octanol–water partition coefficient (Wildman–Crippen LogP) is 2.43. The molecule has 0 atom stereocenters. The van der Waals surface area contributed by atoms with E-state index in [1.54, 1.807) is 0 Å². The van der Waals surface area contributed by atoms with E-state index in [1.807, 2.05) is 0 Å². The Morgan fingerprint density at radius 2 is 1.96 bits per heavy atom. The molecule has 9 heteroatoms. The third kappa shape index (κ3) is 3.48. The van der Waals surface area contributed by atoms with Crippen molar-refractivity contribution in [3.63, 3.8) is 0 Å². The lowest BCUT2D eigenvalue weighted by Gasteiger charge is -2.14. The van der Waals surface area contributed by atoms with Crippen molar-refractivity contribution in [3.05, 3.63) is 44.5 Å². The number of carbonyl (C=O) groups excluding carboxylic acids is 2. The van der Waals surface area contributed by atoms with Crippen LogP contribution in [0.5, 0.6) is 0 Å². The lowest BCUT2D eigenvalue weighted by Crippen LogP contribution is -2.19. The second kappa shape index (κ2) is 6.21. The summed E-state index contributed by atoms with van der Waals surface area (Å²) in [6, 6.07) is 2.94. The lowest BCUT2D eigenvalue weighted by molar-refractivity contribution is -0.385. The minimum absolute atomic E-state index is 0.0766. The van der Waals surface area contributed by atoms with Gasteiger partial charge < -0.3 is 0 Å². The molecule has 2 rings (SSSR count). The van der Waals surface area contributed by atoms with Crippen molar-refractivity contribution in [2.75, 3.05) is 6.26 Å². The molecular formula is C14H12ClNO6S. The standard InChI is InChI=1S/C14H12ClNO6S/c1-23(21,22)8-5-6-9(11(7-8)16(19)20)14(18)13-10(15)3-2-4-12(13)17/h5-7H,2-4H2,1H3. The van der Waals surface area contributed by atoms with E-state index in [0.717, 1.165) is 24.5 Å². The number of hydrogen-bond acceptors (Lipinski definition) is 6. The van der Waals surface area contributed by atoms with Crippen LogP contribution >= 0.6 is 11.6 Å². The molecule has 0 spiro atoms. The summed E-state index contributed by atoms with van der Waals surface area (Å²) in [4.78, 5) is 34.4. The molecule has 0 radical (unpaired) electrons. The van der Waals surface area contributed by atoms with E-state index in [-0.39, 0.29) is 27.5 Å². The highest BCUT2D eigenvalue weighted by Crippen LogP contribution is 2.31. The zero-order valence-electron chi connectivity index (χ0n) is 12.0. The highest BCUT2D eigenvalue weighted by molar-refractivity contribution is 7.90. The van der Waals surface area contributed by atoms with Gasteiger partial charge in [0.05, 0.1) is 15.4 Å². The molecule has 0 saturated heterocycles. The van der Waals surface area contributed by atoms with Gasteiger partial charge in [-0.3, -0.25) is 19.7 Å². The Labute approximate surface area is 137 Å². The Morgan fingerprint density at radius 1 is 1.30 bits per heavy atom. The quantitative estimate of drug-likeness (QED) is 0.354. The van der Waals surface area contributed by atoms with Crippen molar-refractivity contribution in [2.24, 2.45) is 0 Å². The maximum absolute atomic E-state index is 12.5. The first-order valence-electron chi connectivity index (χ1n) is 6.58. The van der Waals surface area contributed by atoms with Crippen LogP contribution in [0.4, 0.5) is 5.69 Å². The number of nitro groups is 1. The fourth-order valence-electron chi connectivity index (χ4n) is 2.28. The molecule has 1 aromatic rings. The van der Waals surface area contributed by atoms with Crippen molar-refractivity contribution in [3.8, 4) is 0 Å². The fourth-order valence-corrected chi connectivity index (χ4v) is 3.24. The molecular weight excluding hydrogens is 346 g/mol. The number of nitro benzene ring substituents is 1. The summed E-state index contributed by atoms with van der Waals surface area (Å²) < 4.78 is 23.0. The summed E-state index contributed by atoms with van der Waals surface area (Å²) >= 11 is 5.93. The second-order valence-electron chi connectivity index (χ2n) is 5.09. The van der Waals surface area contributed by atoms with Gasteiger partial charge in [-0.05, 0) is 25.0 Å². The molecule has 1 aromatic carbocycles. The van der Waals surface area contributed by atoms with Crippen LogP contribution in [0.25, 0.3) is 0 Å². The van der Waals surface area contributed by atoms with Crippen LogP contribution in [0.15, 0.2) is 33.7 Å². The summed E-state index contributed by atoms with van der Waals surface area (Å²) in [6.45, 7) is 0. The molecule has 7 nitrogen and oxygen atoms in total. The van der Waals surface area contributed by atoms with Crippen LogP contribution < -0.4 is 0 Å². The lowest BCUT2D eigenvalue weighted by atomic mass is 9.91. The number of ketones is 2. The number of carbonyl (C=O) groups is 2. The smallest absolute Gasteiger partial charge is 0.281 e. The van der Waals surface area contributed by atoms with Crippen molar-refractivity contribution in [1.29, 1.82) is 0 Å². The third-order valence-corrected chi connectivity index (χ3v) is 4.90. The Balaban J connectivity index is 2.62. The van der Waals surface area contributed by atoms with Crippen LogP contribution in [0, 0.1) is 10.1 Å². The van der Waals surface area contributed by atoms with Crippen LogP contribution in [-0.2, 0) is 14.6 Å². The monoisotopic (exact) mass is 357 g/mol. The first-order valence-corrected chi connectivity index (χ1v) is 8.85. The number of halogens is 1. The van der Waals surface area contributed by atoms with E-state index >= 15 is 0 Å². The molecule has 0 fully saturated rings. The van der Waals surface area contributed by atoms with Gasteiger partial charge in [-0.2, -0.15) is 0 Å². The summed E-state index contributed by atoms with van der Waals surface area (Å²) in [5, 5.41) is 11.3. The van der Waals surface area contributed by atoms with Crippen molar-refractivity contribution >= 4 is 38.7 Å². The summed E-state index contributed by atoms with van der Waals surface area (Å²) in [5.41, 5.74) is -1.29. The molecule has 1 aliphatic carbocycles. The number of Topliss-reactive ketones (excluding diaryl/α,β-unsaturated/α-hetero) is 2. The van der Waals surface area contributed by atoms with Crippen molar-refractivity contribution in [2.45, 2.75) is 24.2 Å². The summed E-state index contributed by atoms with van der Waals surface area (Å²) in [7, 11) is -3.67. The average molecular weight is 358 g/mol. The van der Waals surface area contributed by atoms with Gasteiger partial charge in [-0.15, -0.1) is 0 Å². The SMILES string of the molecule is CS(=O)(=O)c1ccc(C(=O)C2=C(Cl)CCCC2=O)c([N+](=O)[O-])c1. The predicted molar refractivity (Wildman–Crippen MR) is 82.3 cm³/mol. The zero-order chi connectivity index (χ0) is 17.4. The van der Waals surface area contributed by atoms with Crippen molar-refractivity contribution < 1.29 is 22.9 Å². The maximum atomic E-state index is 12.5. The maximum Gasteiger partial charge on any atom is 0.281 e. The van der Waals surface area contributed by atoms with E-state index in [1.165, 1.54) is 0 Å². The number of nitrogens with zero attached hydrogens (tertiary/aromatic N) is 1. The number of allylic oxidation sites excluding steroid dienone is 2. The van der Waals surface area contributed by atoms with Crippen LogP contribution in [0.3, 0.4) is 0 Å². The molecule has 122 valence electrons. The molecule has 0 bridgehead atoms. The Bertz CT molecular complexity index is 856. The summed E-state index contributed by atoms with van der Waals surface area (Å²) in [6.07, 6.45) is 1.91. The second-order valence-corrected chi connectivity index (χ2v) is 7.57. The van der Waals surface area contributed by atoms with E-state index in [2.05, 4.69) is 0 Å². The van der Waals surface area contributed by atoms with Gasteiger partial charge in [0.1, 0.15) is 5.56 Å². The van der Waals surface area contributed by atoms with Crippen LogP contribution in [0.1, 0.15) is 29.6 Å². The van der Waals surface area contributed by atoms with Gasteiger partial charge in [-0.1, -0.05) is 11.6 Å². The Kier molecular flexibility index (Phi) is 4.67. The van der Waals surface area contributed by atoms with Gasteiger partial charge in [-0.25, -0.2) is 8.42 Å². The molecule has 0 heterocycles. The first kappa shape index (κ1) is 17.3. The molecule has 0 unspecified atom stereocenters. The number of hydrogen-bond donors (Lipinski definition) is 0. The Hall–Kier alpha value is -2.06. The van der Waals surface area contributed by atoms with Crippen LogP contribution in [-0.4, -0.2) is 31.2 Å².